The quantitative estimate of drug-likeness (QED) is 0.0307. The number of carbonyl (C=O) groups is 5. The first-order valence-electron chi connectivity index (χ1n) is 19.0. The van der Waals surface area contributed by atoms with E-state index >= 15 is 0 Å². The minimum atomic E-state index is -5.59. The zero-order valence-corrected chi connectivity index (χ0v) is 38.1. The number of aliphatic hydroxyl groups excluding tert-OH is 2. The van der Waals surface area contributed by atoms with E-state index in [1.807, 2.05) is 0 Å². The van der Waals surface area contributed by atoms with E-state index in [1.54, 1.807) is 0 Å². The van der Waals surface area contributed by atoms with Gasteiger partial charge >= 0.3 is 23.5 Å². The number of unbranched alkanes of at least 4 members (excludes halogenated alkanes) is 1. The Bertz CT molecular complexity index is 2100. The van der Waals surface area contributed by atoms with Crippen molar-refractivity contribution in [3.8, 4) is 0 Å². The largest absolute Gasteiger partial charge is 0.481 e. The van der Waals surface area contributed by atoms with Gasteiger partial charge in [-0.1, -0.05) is 13.8 Å². The first-order chi connectivity index (χ1) is 29.7. The Labute approximate surface area is 368 Å². The molecule has 2 aromatic heterocycles. The standard InChI is InChI=1S/C31H53N10O19P3S/c1-17(42)40-18(27(33)47)6-4-5-8-34-21(44)13-64-11-10-35-20(43)7-9-36-29(48)25(46)31(2,3)14-57-63(54,55)60-62(52,53)56-12-19-24(59-61(49,50)51)23(45)30(58-19)41-16-39-22-26(32)37-15-38-28(22)41/h15-16,18-19,23-25,30,45-46H,4-14H2,1-3H3,(H2,33,47)(H,34,44)(H,35,43)(H,36,48)(H,40,42)(H,52,53)(H,54,55)(H2,32,37,38)(H2,49,50,51)/t18-,19?,23?,24?,25?,30?/m0/s1. The number of hydrogen-bond donors (Lipinski definition) is 12. The Morgan fingerprint density at radius 3 is 2.30 bits per heavy atom. The molecule has 8 atom stereocenters. The van der Waals surface area contributed by atoms with Gasteiger partial charge in [-0.3, -0.25) is 42.1 Å². The van der Waals surface area contributed by atoms with Gasteiger partial charge in [-0.05, 0) is 19.3 Å². The van der Waals surface area contributed by atoms with Gasteiger partial charge in [-0.15, -0.1) is 0 Å². The molecule has 7 unspecified atom stereocenters. The number of carbonyl (C=O) groups excluding carboxylic acids is 5. The molecule has 33 heteroatoms. The maximum absolute atomic E-state index is 12.7. The van der Waals surface area contributed by atoms with Crippen LogP contribution in [0.25, 0.3) is 11.2 Å². The molecule has 0 radical (unpaired) electrons. The number of hydrogen-bond acceptors (Lipinski definition) is 20. The number of aromatic nitrogens is 4. The number of amides is 5. The lowest BCUT2D eigenvalue weighted by Gasteiger charge is -2.30. The molecule has 29 nitrogen and oxygen atoms in total. The highest BCUT2D eigenvalue weighted by atomic mass is 32.2. The second-order valence-corrected chi connectivity index (χ2v) is 20.0. The van der Waals surface area contributed by atoms with Gasteiger partial charge in [0.1, 0.15) is 42.3 Å². The maximum Gasteiger partial charge on any atom is 0.481 e. The summed E-state index contributed by atoms with van der Waals surface area (Å²) in [5.74, 6) is -2.27. The summed E-state index contributed by atoms with van der Waals surface area (Å²) < 4.78 is 62.2. The summed E-state index contributed by atoms with van der Waals surface area (Å²) in [4.78, 5) is 110. The topological polar surface area (TPSA) is 448 Å². The Morgan fingerprint density at radius 1 is 0.969 bits per heavy atom. The fourth-order valence-electron chi connectivity index (χ4n) is 5.65. The average Bonchev–Trinajstić information content (AvgIpc) is 3.74. The SMILES string of the molecule is CC(=O)N[C@@H](CCCCNC(=O)CSCCNC(=O)CCNC(=O)C(O)C(C)(C)COP(=O)(O)OP(=O)(O)OCC1OC(n2cnc3c(N)ncnc32)C(O)C1OP(=O)(O)O)C(N)=O. The van der Waals surface area contributed by atoms with Crippen LogP contribution in [-0.2, 0) is 60.3 Å². The number of phosphoric ester groups is 3. The maximum atomic E-state index is 12.7. The van der Waals surface area contributed by atoms with E-state index in [1.165, 1.54) is 32.5 Å². The molecule has 64 heavy (non-hydrogen) atoms. The molecular weight excluding hydrogens is 941 g/mol. The van der Waals surface area contributed by atoms with Crippen LogP contribution in [0.15, 0.2) is 12.7 Å². The molecule has 3 rings (SSSR count). The number of rotatable bonds is 28. The molecule has 1 aliphatic heterocycles. The van der Waals surface area contributed by atoms with Crippen LogP contribution in [0.5, 0.6) is 0 Å². The summed E-state index contributed by atoms with van der Waals surface area (Å²) in [5, 5.41) is 31.6. The van der Waals surface area contributed by atoms with Crippen molar-refractivity contribution in [2.24, 2.45) is 11.1 Å². The van der Waals surface area contributed by atoms with Crippen molar-refractivity contribution in [2.75, 3.05) is 50.1 Å². The number of phosphoric acid groups is 3. The van der Waals surface area contributed by atoms with Gasteiger partial charge in [0.05, 0.1) is 25.3 Å². The lowest BCUT2D eigenvalue weighted by Crippen LogP contribution is -2.46. The number of ether oxygens (including phenoxy) is 1. The molecule has 0 spiro atoms. The summed E-state index contributed by atoms with van der Waals surface area (Å²) in [6.45, 7) is 2.01. The molecule has 0 aliphatic carbocycles. The number of fused-ring (bicyclic) bond motifs is 1. The lowest BCUT2D eigenvalue weighted by molar-refractivity contribution is -0.137. The normalized spacial score (nSPS) is 20.7. The first kappa shape index (κ1) is 54.6. The van der Waals surface area contributed by atoms with Gasteiger partial charge in [0.25, 0.3) is 0 Å². The molecular formula is C31H53N10O19P3S. The molecule has 3 heterocycles. The zero-order valence-electron chi connectivity index (χ0n) is 34.6. The van der Waals surface area contributed by atoms with Crippen LogP contribution in [0, 0.1) is 5.41 Å². The molecule has 1 saturated heterocycles. The Kier molecular flexibility index (Phi) is 20.6. The molecule has 362 valence electrons. The summed E-state index contributed by atoms with van der Waals surface area (Å²) in [6.07, 6.45) is -5.62. The highest BCUT2D eigenvalue weighted by molar-refractivity contribution is 7.99. The van der Waals surface area contributed by atoms with Crippen molar-refractivity contribution in [3.63, 3.8) is 0 Å². The minimum absolute atomic E-state index is 0.0196. The van der Waals surface area contributed by atoms with Crippen molar-refractivity contribution in [1.82, 2.24) is 40.8 Å². The summed E-state index contributed by atoms with van der Waals surface area (Å²) >= 11 is 1.25. The number of nitrogen functional groups attached to an aromatic ring is 1. The Morgan fingerprint density at radius 2 is 1.64 bits per heavy atom. The number of aliphatic hydroxyl groups is 2. The van der Waals surface area contributed by atoms with Crippen LogP contribution >= 0.6 is 35.2 Å². The second-order valence-electron chi connectivity index (χ2n) is 14.6. The van der Waals surface area contributed by atoms with Gasteiger partial charge in [0, 0.05) is 44.1 Å². The van der Waals surface area contributed by atoms with Crippen molar-refractivity contribution in [2.45, 2.75) is 83.1 Å². The number of imidazole rings is 1. The van der Waals surface area contributed by atoms with E-state index in [0.717, 1.165) is 17.2 Å². The zero-order chi connectivity index (χ0) is 48.0. The van der Waals surface area contributed by atoms with Crippen molar-refractivity contribution in [1.29, 1.82) is 0 Å². The van der Waals surface area contributed by atoms with Crippen molar-refractivity contribution >= 4 is 81.7 Å². The third-order valence-corrected chi connectivity index (χ3v) is 12.9. The van der Waals surface area contributed by atoms with Crippen LogP contribution in [0.1, 0.15) is 52.7 Å². The minimum Gasteiger partial charge on any atom is -0.386 e. The highest BCUT2D eigenvalue weighted by Gasteiger charge is 2.50. The van der Waals surface area contributed by atoms with Gasteiger partial charge in [-0.2, -0.15) is 16.1 Å². The molecule has 0 bridgehead atoms. The number of nitrogens with two attached hydrogens (primary N) is 2. The highest BCUT2D eigenvalue weighted by Crippen LogP contribution is 2.61. The predicted molar refractivity (Wildman–Crippen MR) is 221 cm³/mol. The van der Waals surface area contributed by atoms with Crippen LogP contribution in [-0.4, -0.2) is 154 Å². The molecule has 14 N–H and O–H groups in total. The second kappa shape index (κ2) is 24.2. The summed E-state index contributed by atoms with van der Waals surface area (Å²) in [6, 6.07) is -0.780. The average molecular weight is 995 g/mol. The third-order valence-electron chi connectivity index (χ3n) is 8.84. The molecule has 0 aromatic carbocycles. The van der Waals surface area contributed by atoms with Crippen molar-refractivity contribution in [3.05, 3.63) is 12.7 Å². The van der Waals surface area contributed by atoms with Gasteiger partial charge < -0.3 is 67.3 Å². The fraction of sp³-hybridized carbons (Fsp3) is 0.677. The molecule has 1 aliphatic rings. The number of nitrogens with one attached hydrogen (secondary N) is 4. The molecule has 1 fully saturated rings. The monoisotopic (exact) mass is 994 g/mol. The van der Waals surface area contributed by atoms with Crippen LogP contribution < -0.4 is 32.7 Å². The van der Waals surface area contributed by atoms with E-state index < -0.39 is 96.5 Å². The Hall–Kier alpha value is -3.70. The van der Waals surface area contributed by atoms with E-state index in [0.29, 0.717) is 31.6 Å². The lowest BCUT2D eigenvalue weighted by atomic mass is 9.87. The van der Waals surface area contributed by atoms with Crippen molar-refractivity contribution < 1.29 is 90.1 Å². The Balaban J connectivity index is 1.37. The van der Waals surface area contributed by atoms with E-state index in [4.69, 9.17) is 25.3 Å². The van der Waals surface area contributed by atoms with E-state index in [2.05, 4.69) is 45.1 Å². The van der Waals surface area contributed by atoms with E-state index in [-0.39, 0.29) is 54.1 Å². The predicted octanol–water partition coefficient (Wildman–Crippen LogP) is -2.59. The molecule has 0 saturated carbocycles. The molecule has 5 amide bonds. The number of thioether (sulfide) groups is 1. The number of primary amides is 1. The first-order valence-corrected chi connectivity index (χ1v) is 24.7. The van der Waals surface area contributed by atoms with Gasteiger partial charge in [0.2, 0.25) is 29.5 Å². The van der Waals surface area contributed by atoms with Crippen LogP contribution in [0.2, 0.25) is 0 Å². The van der Waals surface area contributed by atoms with Gasteiger partial charge in [-0.25, -0.2) is 28.6 Å². The number of nitrogens with zero attached hydrogens (tertiary/aromatic N) is 4. The van der Waals surface area contributed by atoms with Crippen LogP contribution in [0.3, 0.4) is 0 Å². The third kappa shape index (κ3) is 17.9. The number of anilines is 1. The van der Waals surface area contributed by atoms with Crippen LogP contribution in [0.4, 0.5) is 5.82 Å². The smallest absolute Gasteiger partial charge is 0.386 e. The van der Waals surface area contributed by atoms with Gasteiger partial charge in [0.15, 0.2) is 17.7 Å². The van der Waals surface area contributed by atoms with E-state index in [9.17, 15) is 67.5 Å². The summed E-state index contributed by atoms with van der Waals surface area (Å²) in [5.41, 5.74) is 9.47. The molecule has 2 aromatic rings. The summed E-state index contributed by atoms with van der Waals surface area (Å²) in [7, 11) is -16.5. The fourth-order valence-corrected chi connectivity index (χ4v) is 9.16.